The summed E-state index contributed by atoms with van der Waals surface area (Å²) in [7, 11) is 10.4. The summed E-state index contributed by atoms with van der Waals surface area (Å²) in [5.41, 5.74) is -0.801. The molecule has 2 atom stereocenters. The van der Waals surface area contributed by atoms with Crippen LogP contribution in [0.1, 0.15) is 35.8 Å². The van der Waals surface area contributed by atoms with Gasteiger partial charge in [-0.15, -0.1) is 0 Å². The molecule has 1 aliphatic carbocycles. The summed E-state index contributed by atoms with van der Waals surface area (Å²) in [5, 5.41) is 22.8. The van der Waals surface area contributed by atoms with Crippen LogP contribution in [0.2, 0.25) is 0 Å². The van der Waals surface area contributed by atoms with Crippen molar-refractivity contribution >= 4 is 23.5 Å². The Hall–Kier alpha value is -5.40. The SMILES string of the molecule is COC(=O)CC(C1=C(O)C(=O)C(C(CC(=O)OC)c2cc(OC)c(OC)c(OC)c2)=C(O)C1=O)c1cc(OC)c(OC)c(OC)c1. The van der Waals surface area contributed by atoms with E-state index in [9.17, 15) is 29.4 Å². The quantitative estimate of drug-likeness (QED) is 0.225. The zero-order valence-electron chi connectivity index (χ0n) is 26.7. The molecule has 0 radical (unpaired) electrons. The minimum Gasteiger partial charge on any atom is -0.504 e. The number of ketones is 2. The number of hydrogen-bond acceptors (Lipinski definition) is 14. The molecule has 3 rings (SSSR count). The predicted molar refractivity (Wildman–Crippen MR) is 160 cm³/mol. The van der Waals surface area contributed by atoms with Crippen molar-refractivity contribution in [3.8, 4) is 34.5 Å². The molecule has 248 valence electrons. The van der Waals surface area contributed by atoms with Crippen LogP contribution in [0, 0.1) is 0 Å². The monoisotopic (exact) mass is 644 g/mol. The highest BCUT2D eigenvalue weighted by Gasteiger charge is 2.44. The maximum atomic E-state index is 13.9. The van der Waals surface area contributed by atoms with E-state index in [4.69, 9.17) is 37.9 Å². The number of hydrogen-bond donors (Lipinski definition) is 2. The van der Waals surface area contributed by atoms with Gasteiger partial charge >= 0.3 is 11.9 Å². The minimum atomic E-state index is -1.33. The van der Waals surface area contributed by atoms with Gasteiger partial charge in [0, 0.05) is 11.8 Å². The van der Waals surface area contributed by atoms with Crippen molar-refractivity contribution in [2.45, 2.75) is 24.7 Å². The summed E-state index contributed by atoms with van der Waals surface area (Å²) in [6, 6.07) is 5.72. The summed E-state index contributed by atoms with van der Waals surface area (Å²) in [5.74, 6) is -7.67. The van der Waals surface area contributed by atoms with Crippen molar-refractivity contribution in [1.29, 1.82) is 0 Å². The van der Waals surface area contributed by atoms with Gasteiger partial charge in [-0.25, -0.2) is 0 Å². The average molecular weight is 645 g/mol. The van der Waals surface area contributed by atoms with Gasteiger partial charge < -0.3 is 48.1 Å². The van der Waals surface area contributed by atoms with Crippen LogP contribution in [0.5, 0.6) is 34.5 Å². The molecule has 2 aromatic carbocycles. The second kappa shape index (κ2) is 15.1. The van der Waals surface area contributed by atoms with Gasteiger partial charge in [0.1, 0.15) is 0 Å². The van der Waals surface area contributed by atoms with E-state index in [-0.39, 0.29) is 45.6 Å². The third-order valence-electron chi connectivity index (χ3n) is 7.50. The second-order valence-electron chi connectivity index (χ2n) is 9.77. The molecule has 14 nitrogen and oxygen atoms in total. The first-order valence-corrected chi connectivity index (χ1v) is 13.7. The Bertz CT molecular complexity index is 1420. The van der Waals surface area contributed by atoms with Crippen molar-refractivity contribution in [1.82, 2.24) is 0 Å². The van der Waals surface area contributed by atoms with Gasteiger partial charge in [0.15, 0.2) is 34.5 Å². The Morgan fingerprint density at radius 3 is 1.04 bits per heavy atom. The van der Waals surface area contributed by atoms with E-state index in [1.165, 1.54) is 66.9 Å². The van der Waals surface area contributed by atoms with E-state index in [2.05, 4.69) is 0 Å². The van der Waals surface area contributed by atoms with E-state index in [1.807, 2.05) is 0 Å². The lowest BCUT2D eigenvalue weighted by Crippen LogP contribution is -2.31. The highest BCUT2D eigenvalue weighted by Crippen LogP contribution is 2.47. The molecule has 0 aliphatic heterocycles. The topological polar surface area (TPSA) is 183 Å². The zero-order chi connectivity index (χ0) is 34.3. The number of carbonyl (C=O) groups is 4. The molecule has 46 heavy (non-hydrogen) atoms. The predicted octanol–water partition coefficient (Wildman–Crippen LogP) is 3.51. The van der Waals surface area contributed by atoms with Crippen LogP contribution >= 0.6 is 0 Å². The first kappa shape index (κ1) is 35.1. The molecule has 0 bridgehead atoms. The van der Waals surface area contributed by atoms with Crippen LogP contribution in [0.25, 0.3) is 0 Å². The molecule has 0 aromatic heterocycles. The number of rotatable bonds is 14. The standard InChI is InChI=1S/C32H36O14/c1-39-19-9-15(10-20(40-2)31(19)45-7)17(13-23(33)43-5)25-27(35)29(37)26(30(38)28(25)36)18(14-24(34)44-6)16-11-21(41-3)32(46-8)22(12-16)42-4/h9-12,17-18,35,38H,13-14H2,1-8H3. The smallest absolute Gasteiger partial charge is 0.306 e. The van der Waals surface area contributed by atoms with Gasteiger partial charge in [0.05, 0.1) is 80.9 Å². The van der Waals surface area contributed by atoms with Crippen molar-refractivity contribution in [2.24, 2.45) is 0 Å². The maximum absolute atomic E-state index is 13.9. The van der Waals surface area contributed by atoms with Gasteiger partial charge in [0.2, 0.25) is 23.1 Å². The van der Waals surface area contributed by atoms with Crippen molar-refractivity contribution in [3.63, 3.8) is 0 Å². The lowest BCUT2D eigenvalue weighted by molar-refractivity contribution is -0.142. The Balaban J connectivity index is 2.29. The number of aliphatic hydroxyl groups is 2. The first-order chi connectivity index (χ1) is 22.0. The van der Waals surface area contributed by atoms with E-state index >= 15 is 0 Å². The molecular formula is C32H36O14. The minimum absolute atomic E-state index is 0.155. The van der Waals surface area contributed by atoms with Gasteiger partial charge in [-0.2, -0.15) is 0 Å². The molecule has 0 saturated carbocycles. The average Bonchev–Trinajstić information content (AvgIpc) is 3.08. The number of benzene rings is 2. The molecule has 2 N–H and O–H groups in total. The zero-order valence-corrected chi connectivity index (χ0v) is 26.7. The first-order valence-electron chi connectivity index (χ1n) is 13.7. The number of aliphatic hydroxyl groups excluding tert-OH is 2. The Kier molecular flexibility index (Phi) is 11.5. The molecule has 0 heterocycles. The van der Waals surface area contributed by atoms with Gasteiger partial charge in [0.25, 0.3) is 0 Å². The highest BCUT2D eigenvalue weighted by atomic mass is 16.5. The Morgan fingerprint density at radius 2 is 0.826 bits per heavy atom. The summed E-state index contributed by atoms with van der Waals surface area (Å²) in [4.78, 5) is 53.0. The van der Waals surface area contributed by atoms with Gasteiger partial charge in [-0.3, -0.25) is 19.2 Å². The van der Waals surface area contributed by atoms with Crippen molar-refractivity contribution < 1.29 is 67.3 Å². The Morgan fingerprint density at radius 1 is 0.543 bits per heavy atom. The van der Waals surface area contributed by atoms with Crippen molar-refractivity contribution in [2.75, 3.05) is 56.9 Å². The third kappa shape index (κ3) is 6.65. The van der Waals surface area contributed by atoms with Crippen molar-refractivity contribution in [3.05, 3.63) is 58.1 Å². The molecule has 1 aliphatic rings. The molecular weight excluding hydrogens is 608 g/mol. The van der Waals surface area contributed by atoms with E-state index in [0.29, 0.717) is 0 Å². The number of esters is 2. The summed E-state index contributed by atoms with van der Waals surface area (Å²) in [6.07, 6.45) is -1.07. The molecule has 0 amide bonds. The Labute approximate surface area is 265 Å². The molecule has 0 saturated heterocycles. The lowest BCUT2D eigenvalue weighted by atomic mass is 9.75. The van der Waals surface area contributed by atoms with Crippen LogP contribution in [0.15, 0.2) is 46.9 Å². The number of allylic oxidation sites excluding steroid dienone is 2. The van der Waals surface area contributed by atoms with Crippen LogP contribution < -0.4 is 28.4 Å². The van der Waals surface area contributed by atoms with E-state index in [0.717, 1.165) is 14.2 Å². The van der Waals surface area contributed by atoms with E-state index in [1.54, 1.807) is 0 Å². The number of carbonyl (C=O) groups excluding carboxylic acids is 4. The van der Waals surface area contributed by atoms with E-state index < -0.39 is 70.8 Å². The van der Waals surface area contributed by atoms with Crippen LogP contribution in [-0.4, -0.2) is 90.6 Å². The summed E-state index contributed by atoms with van der Waals surface area (Å²) < 4.78 is 42.0. The molecule has 2 unspecified atom stereocenters. The fraction of sp³-hybridized carbons (Fsp3) is 0.375. The fourth-order valence-corrected chi connectivity index (χ4v) is 5.24. The number of methoxy groups -OCH3 is 8. The molecule has 14 heteroatoms. The number of Topliss-reactive ketones (excluding diaryl/α,β-unsaturated/α-hetero) is 2. The molecule has 2 aromatic rings. The summed E-state index contributed by atoms with van der Waals surface area (Å²) in [6.45, 7) is 0. The fourth-order valence-electron chi connectivity index (χ4n) is 5.24. The second-order valence-corrected chi connectivity index (χ2v) is 9.77. The number of ether oxygens (including phenoxy) is 8. The summed E-state index contributed by atoms with van der Waals surface area (Å²) >= 11 is 0. The van der Waals surface area contributed by atoms with Gasteiger partial charge in [-0.05, 0) is 35.4 Å². The molecule has 0 fully saturated rings. The van der Waals surface area contributed by atoms with Crippen LogP contribution in [0.3, 0.4) is 0 Å². The largest absolute Gasteiger partial charge is 0.504 e. The van der Waals surface area contributed by atoms with Crippen LogP contribution in [-0.2, 0) is 28.7 Å². The van der Waals surface area contributed by atoms with Crippen LogP contribution in [0.4, 0.5) is 0 Å². The van der Waals surface area contributed by atoms with Gasteiger partial charge in [-0.1, -0.05) is 0 Å². The normalized spacial score (nSPS) is 14.3. The molecule has 0 spiro atoms. The third-order valence-corrected chi connectivity index (χ3v) is 7.50. The maximum Gasteiger partial charge on any atom is 0.306 e. The lowest BCUT2D eigenvalue weighted by Gasteiger charge is -2.28. The highest BCUT2D eigenvalue weighted by molar-refractivity contribution is 6.24.